The molecule has 6 nitrogen and oxygen atoms in total. The molecule has 0 unspecified atom stereocenters. The summed E-state index contributed by atoms with van der Waals surface area (Å²) in [5.41, 5.74) is -1.04. The summed E-state index contributed by atoms with van der Waals surface area (Å²) >= 11 is 0. The number of rotatable bonds is 12. The standard InChI is InChI=1S/C28H45F2N3O3/c1-31-19-24(18-21-11-13-23(29)14-12-21)32-27(34)33-16-7-8-22(20-33)28(35,15-5-6-17-36-2)25-9-3-4-10-26(25)30/h3-4,9-10,21-24,31,35H,5-8,11-20H2,1-2H3,(H,32,34)/t21?,22-,23?,24+,28-/m1/s1. The molecule has 3 atom stereocenters. The second kappa shape index (κ2) is 14.2. The van der Waals surface area contributed by atoms with Gasteiger partial charge in [-0.25, -0.2) is 13.6 Å². The second-order valence-electron chi connectivity index (χ2n) is 10.7. The van der Waals surface area contributed by atoms with Crippen molar-refractivity contribution in [1.82, 2.24) is 15.5 Å². The van der Waals surface area contributed by atoms with E-state index in [0.717, 1.165) is 38.5 Å². The molecule has 1 aromatic carbocycles. The minimum absolute atomic E-state index is 0.0384. The molecule has 36 heavy (non-hydrogen) atoms. The highest BCUT2D eigenvalue weighted by Gasteiger charge is 2.42. The van der Waals surface area contributed by atoms with Gasteiger partial charge in [-0.1, -0.05) is 18.2 Å². The van der Waals surface area contributed by atoms with Crippen LogP contribution in [0.5, 0.6) is 0 Å². The molecule has 1 saturated heterocycles. The number of methoxy groups -OCH3 is 1. The highest BCUT2D eigenvalue weighted by molar-refractivity contribution is 5.74. The SMILES string of the molecule is CNC[C@H](CC1CCC(F)CC1)NC(=O)N1CCC[C@@H]([C@](O)(CCCCOC)c2ccccc2F)C1. The molecule has 0 bridgehead atoms. The zero-order valence-corrected chi connectivity index (χ0v) is 22.0. The molecule has 1 saturated carbocycles. The number of unbranched alkanes of at least 4 members (excludes halogenated alkanes) is 1. The first-order chi connectivity index (χ1) is 17.4. The summed E-state index contributed by atoms with van der Waals surface area (Å²) < 4.78 is 33.6. The number of alkyl halides is 1. The lowest BCUT2D eigenvalue weighted by molar-refractivity contribution is -0.0587. The topological polar surface area (TPSA) is 73.8 Å². The van der Waals surface area contributed by atoms with E-state index in [9.17, 15) is 18.7 Å². The molecule has 0 aromatic heterocycles. The Morgan fingerprint density at radius 2 is 1.97 bits per heavy atom. The molecular weight excluding hydrogens is 464 g/mol. The maximum atomic E-state index is 14.9. The lowest BCUT2D eigenvalue weighted by Crippen LogP contribution is -2.54. The van der Waals surface area contributed by atoms with Gasteiger partial charge in [-0.2, -0.15) is 0 Å². The van der Waals surface area contributed by atoms with Gasteiger partial charge in [0.05, 0.1) is 5.60 Å². The molecule has 1 heterocycles. The minimum atomic E-state index is -1.35. The molecule has 8 heteroatoms. The fourth-order valence-corrected chi connectivity index (χ4v) is 6.03. The number of hydrogen-bond donors (Lipinski definition) is 3. The number of piperidine rings is 1. The molecule has 2 amide bonds. The minimum Gasteiger partial charge on any atom is -0.385 e. The van der Waals surface area contributed by atoms with Gasteiger partial charge in [-0.3, -0.25) is 0 Å². The van der Waals surface area contributed by atoms with Gasteiger partial charge >= 0.3 is 6.03 Å². The summed E-state index contributed by atoms with van der Waals surface area (Å²) in [4.78, 5) is 15.1. The van der Waals surface area contributed by atoms with Crippen molar-refractivity contribution in [2.45, 2.75) is 82.0 Å². The molecule has 2 fully saturated rings. The summed E-state index contributed by atoms with van der Waals surface area (Å²) in [6.07, 6.45) is 6.46. The third-order valence-corrected chi connectivity index (χ3v) is 8.05. The lowest BCUT2D eigenvalue weighted by Gasteiger charge is -2.43. The Hall–Kier alpha value is -1.77. The van der Waals surface area contributed by atoms with Gasteiger partial charge in [0.15, 0.2) is 0 Å². The van der Waals surface area contributed by atoms with Crippen molar-refractivity contribution >= 4 is 6.03 Å². The highest BCUT2D eigenvalue weighted by atomic mass is 19.1. The molecule has 1 aliphatic carbocycles. The van der Waals surface area contributed by atoms with E-state index in [0.29, 0.717) is 63.4 Å². The van der Waals surface area contributed by atoms with Crippen molar-refractivity contribution in [2.24, 2.45) is 11.8 Å². The number of halogens is 2. The van der Waals surface area contributed by atoms with Gasteiger partial charge in [-0.05, 0) is 83.2 Å². The largest absolute Gasteiger partial charge is 0.385 e. The van der Waals surface area contributed by atoms with Crippen LogP contribution in [0.3, 0.4) is 0 Å². The predicted molar refractivity (Wildman–Crippen MR) is 138 cm³/mol. The van der Waals surface area contributed by atoms with Crippen molar-refractivity contribution in [2.75, 3.05) is 40.4 Å². The van der Waals surface area contributed by atoms with Crippen molar-refractivity contribution in [3.05, 3.63) is 35.6 Å². The Bertz CT molecular complexity index is 806. The average Bonchev–Trinajstić information content (AvgIpc) is 2.88. The number of hydrogen-bond acceptors (Lipinski definition) is 4. The third-order valence-electron chi connectivity index (χ3n) is 8.05. The molecule has 3 N–H and O–H groups in total. The van der Waals surface area contributed by atoms with Gasteiger partial charge in [-0.15, -0.1) is 0 Å². The van der Waals surface area contributed by atoms with Crippen molar-refractivity contribution in [3.63, 3.8) is 0 Å². The van der Waals surface area contributed by atoms with Gasteiger partial charge in [0, 0.05) is 50.9 Å². The smallest absolute Gasteiger partial charge is 0.317 e. The van der Waals surface area contributed by atoms with Crippen molar-refractivity contribution in [1.29, 1.82) is 0 Å². The Labute approximate surface area is 215 Å². The number of carbonyl (C=O) groups is 1. The van der Waals surface area contributed by atoms with Crippen LogP contribution in [0.2, 0.25) is 0 Å². The predicted octanol–water partition coefficient (Wildman–Crippen LogP) is 4.76. The van der Waals surface area contributed by atoms with E-state index in [1.807, 2.05) is 7.05 Å². The van der Waals surface area contributed by atoms with Crippen LogP contribution >= 0.6 is 0 Å². The summed E-state index contributed by atoms with van der Waals surface area (Å²) in [6.45, 7) is 2.22. The molecule has 0 spiro atoms. The maximum absolute atomic E-state index is 14.9. The molecule has 3 rings (SSSR count). The second-order valence-corrected chi connectivity index (χ2v) is 10.7. The number of likely N-dealkylation sites (tertiary alicyclic amines) is 1. The Kier molecular flexibility index (Phi) is 11.4. The number of ether oxygens (including phenoxy) is 1. The number of benzene rings is 1. The van der Waals surface area contributed by atoms with E-state index < -0.39 is 17.6 Å². The number of amides is 2. The fraction of sp³-hybridized carbons (Fsp3) is 0.750. The summed E-state index contributed by atoms with van der Waals surface area (Å²) in [5, 5.41) is 18.3. The number of carbonyl (C=O) groups excluding carboxylic acids is 1. The third kappa shape index (κ3) is 7.86. The molecule has 2 aliphatic rings. The normalized spacial score (nSPS) is 25.2. The van der Waals surface area contributed by atoms with Crippen LogP contribution < -0.4 is 10.6 Å². The molecule has 204 valence electrons. The molecular formula is C28H45F2N3O3. The summed E-state index contributed by atoms with van der Waals surface area (Å²) in [7, 11) is 3.51. The van der Waals surface area contributed by atoms with E-state index in [4.69, 9.17) is 4.74 Å². The summed E-state index contributed by atoms with van der Waals surface area (Å²) in [5.74, 6) is -0.257. The van der Waals surface area contributed by atoms with E-state index in [1.54, 1.807) is 30.2 Å². The lowest BCUT2D eigenvalue weighted by atomic mass is 9.74. The maximum Gasteiger partial charge on any atom is 0.317 e. The van der Waals surface area contributed by atoms with Crippen LogP contribution in [0.1, 0.15) is 69.8 Å². The average molecular weight is 510 g/mol. The number of aliphatic hydroxyl groups is 1. The monoisotopic (exact) mass is 509 g/mol. The molecule has 1 aliphatic heterocycles. The number of nitrogens with one attached hydrogen (secondary N) is 2. The first kappa shape index (κ1) is 28.8. The molecule has 0 radical (unpaired) electrons. The first-order valence-electron chi connectivity index (χ1n) is 13.7. The van der Waals surface area contributed by atoms with Gasteiger partial charge in [0.2, 0.25) is 0 Å². The van der Waals surface area contributed by atoms with E-state index in [1.165, 1.54) is 6.07 Å². The van der Waals surface area contributed by atoms with Crippen LogP contribution in [0.4, 0.5) is 13.6 Å². The van der Waals surface area contributed by atoms with E-state index >= 15 is 0 Å². The van der Waals surface area contributed by atoms with Gasteiger partial charge < -0.3 is 25.4 Å². The van der Waals surface area contributed by atoms with Gasteiger partial charge in [0.1, 0.15) is 12.0 Å². The van der Waals surface area contributed by atoms with E-state index in [2.05, 4.69) is 10.6 Å². The first-order valence-corrected chi connectivity index (χ1v) is 13.7. The number of likely N-dealkylation sites (N-methyl/N-ethyl adjacent to an activating group) is 1. The van der Waals surface area contributed by atoms with Crippen LogP contribution in [-0.4, -0.2) is 68.6 Å². The Morgan fingerprint density at radius 3 is 2.67 bits per heavy atom. The molecule has 1 aromatic rings. The van der Waals surface area contributed by atoms with Crippen LogP contribution in [-0.2, 0) is 10.3 Å². The fourth-order valence-electron chi connectivity index (χ4n) is 6.03. The highest BCUT2D eigenvalue weighted by Crippen LogP contribution is 2.41. The van der Waals surface area contributed by atoms with Crippen LogP contribution in [0.25, 0.3) is 0 Å². The zero-order chi connectivity index (χ0) is 26.0. The van der Waals surface area contributed by atoms with Crippen LogP contribution in [0.15, 0.2) is 24.3 Å². The van der Waals surface area contributed by atoms with Gasteiger partial charge in [0.25, 0.3) is 0 Å². The Balaban J connectivity index is 1.67. The number of nitrogens with zero attached hydrogens (tertiary/aromatic N) is 1. The zero-order valence-electron chi connectivity index (χ0n) is 22.0. The van der Waals surface area contributed by atoms with Crippen molar-refractivity contribution in [3.8, 4) is 0 Å². The quantitative estimate of drug-likeness (QED) is 0.355. The Morgan fingerprint density at radius 1 is 1.22 bits per heavy atom. The van der Waals surface area contributed by atoms with Crippen LogP contribution in [0, 0.1) is 17.7 Å². The van der Waals surface area contributed by atoms with E-state index in [-0.39, 0.29) is 18.0 Å². The summed E-state index contributed by atoms with van der Waals surface area (Å²) in [6, 6.07) is 6.26. The van der Waals surface area contributed by atoms with Crippen molar-refractivity contribution < 1.29 is 23.4 Å². The number of urea groups is 1.